The molecule has 1 aliphatic heterocycles. The van der Waals surface area contributed by atoms with Crippen LogP contribution in [-0.2, 0) is 0 Å². The Bertz CT molecular complexity index is 224. The SMILES string of the molecule is CC(C)(C)CNC1CCCN(CC#N)C1. The molecule has 0 aromatic rings. The van der Waals surface area contributed by atoms with Crippen LogP contribution in [0.4, 0.5) is 0 Å². The molecule has 1 rings (SSSR count). The summed E-state index contributed by atoms with van der Waals surface area (Å²) in [6.07, 6.45) is 2.46. The lowest BCUT2D eigenvalue weighted by Crippen LogP contribution is -2.47. The van der Waals surface area contributed by atoms with E-state index < -0.39 is 0 Å². The first kappa shape index (κ1) is 12.5. The molecule has 0 aliphatic carbocycles. The normalized spacial score (nSPS) is 23.7. The Morgan fingerprint density at radius 1 is 1.47 bits per heavy atom. The molecule has 1 unspecified atom stereocenters. The van der Waals surface area contributed by atoms with Gasteiger partial charge in [-0.15, -0.1) is 0 Å². The van der Waals surface area contributed by atoms with Crippen molar-refractivity contribution in [2.24, 2.45) is 5.41 Å². The number of hydrogen-bond acceptors (Lipinski definition) is 3. The molecule has 0 radical (unpaired) electrons. The quantitative estimate of drug-likeness (QED) is 0.718. The highest BCUT2D eigenvalue weighted by Gasteiger charge is 2.20. The van der Waals surface area contributed by atoms with E-state index in [1.807, 2.05) is 0 Å². The van der Waals surface area contributed by atoms with Crippen molar-refractivity contribution in [1.29, 1.82) is 5.26 Å². The molecule has 3 nitrogen and oxygen atoms in total. The Morgan fingerprint density at radius 3 is 2.80 bits per heavy atom. The summed E-state index contributed by atoms with van der Waals surface area (Å²) >= 11 is 0. The lowest BCUT2D eigenvalue weighted by molar-refractivity contribution is 0.199. The summed E-state index contributed by atoms with van der Waals surface area (Å²) < 4.78 is 0. The minimum absolute atomic E-state index is 0.345. The number of nitrogens with one attached hydrogen (secondary N) is 1. The second kappa shape index (κ2) is 5.48. The van der Waals surface area contributed by atoms with Crippen molar-refractivity contribution in [2.75, 3.05) is 26.2 Å². The zero-order valence-electron chi connectivity index (χ0n) is 10.2. The van der Waals surface area contributed by atoms with Gasteiger partial charge < -0.3 is 5.32 Å². The molecule has 1 heterocycles. The molecular formula is C12H23N3. The third kappa shape index (κ3) is 5.15. The highest BCUT2D eigenvalue weighted by atomic mass is 15.2. The lowest BCUT2D eigenvalue weighted by atomic mass is 9.95. The van der Waals surface area contributed by atoms with E-state index in [-0.39, 0.29) is 0 Å². The van der Waals surface area contributed by atoms with E-state index in [1.54, 1.807) is 0 Å². The van der Waals surface area contributed by atoms with Crippen molar-refractivity contribution in [2.45, 2.75) is 39.7 Å². The van der Waals surface area contributed by atoms with Crippen molar-refractivity contribution in [1.82, 2.24) is 10.2 Å². The molecule has 1 saturated heterocycles. The summed E-state index contributed by atoms with van der Waals surface area (Å²) in [4.78, 5) is 2.24. The van der Waals surface area contributed by atoms with Crippen LogP contribution in [0.3, 0.4) is 0 Å². The Hall–Kier alpha value is -0.590. The highest BCUT2D eigenvalue weighted by molar-refractivity contribution is 4.84. The first-order chi connectivity index (χ1) is 7.01. The average molecular weight is 209 g/mol. The Labute approximate surface area is 93.5 Å². The lowest BCUT2D eigenvalue weighted by Gasteiger charge is -2.33. The Morgan fingerprint density at radius 2 is 2.20 bits per heavy atom. The van der Waals surface area contributed by atoms with Gasteiger partial charge in [-0.25, -0.2) is 0 Å². The van der Waals surface area contributed by atoms with Gasteiger partial charge in [0.25, 0.3) is 0 Å². The van der Waals surface area contributed by atoms with Crippen LogP contribution in [0, 0.1) is 16.7 Å². The summed E-state index contributed by atoms with van der Waals surface area (Å²) in [5, 5.41) is 12.3. The summed E-state index contributed by atoms with van der Waals surface area (Å²) in [5.74, 6) is 0. The summed E-state index contributed by atoms with van der Waals surface area (Å²) in [5.41, 5.74) is 0.345. The van der Waals surface area contributed by atoms with Crippen molar-refractivity contribution >= 4 is 0 Å². The van der Waals surface area contributed by atoms with E-state index in [0.29, 0.717) is 18.0 Å². The zero-order chi connectivity index (χ0) is 11.3. The van der Waals surface area contributed by atoms with Gasteiger partial charge in [-0.05, 0) is 24.8 Å². The first-order valence-corrected chi connectivity index (χ1v) is 5.84. The molecular weight excluding hydrogens is 186 g/mol. The second-order valence-corrected chi connectivity index (χ2v) is 5.67. The van der Waals surface area contributed by atoms with E-state index in [4.69, 9.17) is 5.26 Å². The fourth-order valence-corrected chi connectivity index (χ4v) is 1.92. The summed E-state index contributed by atoms with van der Waals surface area (Å²) in [6.45, 7) is 10.5. The maximum Gasteiger partial charge on any atom is 0.0866 e. The van der Waals surface area contributed by atoms with Gasteiger partial charge in [-0.2, -0.15) is 5.26 Å². The largest absolute Gasteiger partial charge is 0.312 e. The topological polar surface area (TPSA) is 39.1 Å². The average Bonchev–Trinajstić information content (AvgIpc) is 2.15. The predicted octanol–water partition coefficient (Wildman–Crippen LogP) is 1.61. The van der Waals surface area contributed by atoms with Gasteiger partial charge in [0.05, 0.1) is 12.6 Å². The standard InChI is InChI=1S/C12H23N3/c1-12(2,3)10-14-11-5-4-7-15(9-11)8-6-13/h11,14H,4-5,7-10H2,1-3H3. The van der Waals surface area contributed by atoms with Crippen LogP contribution in [0.2, 0.25) is 0 Å². The van der Waals surface area contributed by atoms with Crippen LogP contribution < -0.4 is 5.32 Å². The second-order valence-electron chi connectivity index (χ2n) is 5.67. The molecule has 0 aromatic carbocycles. The fraction of sp³-hybridized carbons (Fsp3) is 0.917. The molecule has 15 heavy (non-hydrogen) atoms. The van der Waals surface area contributed by atoms with Gasteiger partial charge in [-0.3, -0.25) is 4.90 Å². The number of rotatable bonds is 3. The molecule has 0 saturated carbocycles. The highest BCUT2D eigenvalue weighted by Crippen LogP contribution is 2.14. The van der Waals surface area contributed by atoms with Gasteiger partial charge in [0.2, 0.25) is 0 Å². The number of nitrogens with zero attached hydrogens (tertiary/aromatic N) is 2. The van der Waals surface area contributed by atoms with E-state index >= 15 is 0 Å². The van der Waals surface area contributed by atoms with Crippen molar-refractivity contribution in [3.8, 4) is 6.07 Å². The minimum Gasteiger partial charge on any atom is -0.312 e. The molecule has 1 fully saturated rings. The summed E-state index contributed by atoms with van der Waals surface area (Å²) in [7, 11) is 0. The van der Waals surface area contributed by atoms with Gasteiger partial charge in [-0.1, -0.05) is 20.8 Å². The zero-order valence-corrected chi connectivity index (χ0v) is 10.2. The van der Waals surface area contributed by atoms with Gasteiger partial charge >= 0.3 is 0 Å². The molecule has 0 aromatic heterocycles. The van der Waals surface area contributed by atoms with Gasteiger partial charge in [0.15, 0.2) is 0 Å². The number of likely N-dealkylation sites (tertiary alicyclic amines) is 1. The molecule has 0 amide bonds. The fourth-order valence-electron chi connectivity index (χ4n) is 1.92. The van der Waals surface area contributed by atoms with E-state index in [9.17, 15) is 0 Å². The van der Waals surface area contributed by atoms with Crippen LogP contribution in [0.15, 0.2) is 0 Å². The van der Waals surface area contributed by atoms with Crippen LogP contribution in [0.5, 0.6) is 0 Å². The molecule has 86 valence electrons. The Balaban J connectivity index is 2.28. The van der Waals surface area contributed by atoms with Gasteiger partial charge in [0, 0.05) is 19.1 Å². The number of hydrogen-bond donors (Lipinski definition) is 1. The third-order valence-corrected chi connectivity index (χ3v) is 2.72. The number of piperidine rings is 1. The predicted molar refractivity (Wildman–Crippen MR) is 62.5 cm³/mol. The number of nitriles is 1. The minimum atomic E-state index is 0.345. The van der Waals surface area contributed by atoms with Crippen molar-refractivity contribution < 1.29 is 0 Å². The van der Waals surface area contributed by atoms with Crippen molar-refractivity contribution in [3.05, 3.63) is 0 Å². The maximum absolute atomic E-state index is 8.65. The monoisotopic (exact) mass is 209 g/mol. The van der Waals surface area contributed by atoms with E-state index in [2.05, 4.69) is 37.1 Å². The maximum atomic E-state index is 8.65. The molecule has 3 heteroatoms. The van der Waals surface area contributed by atoms with E-state index in [0.717, 1.165) is 19.6 Å². The van der Waals surface area contributed by atoms with Gasteiger partial charge in [0.1, 0.15) is 0 Å². The molecule has 0 bridgehead atoms. The molecule has 1 atom stereocenters. The smallest absolute Gasteiger partial charge is 0.0866 e. The Kier molecular flexibility index (Phi) is 4.56. The van der Waals surface area contributed by atoms with Crippen molar-refractivity contribution in [3.63, 3.8) is 0 Å². The molecule has 1 N–H and O–H groups in total. The first-order valence-electron chi connectivity index (χ1n) is 5.84. The van der Waals surface area contributed by atoms with E-state index in [1.165, 1.54) is 12.8 Å². The molecule has 1 aliphatic rings. The van der Waals surface area contributed by atoms with Crippen LogP contribution in [0.25, 0.3) is 0 Å². The molecule has 0 spiro atoms. The van der Waals surface area contributed by atoms with Crippen LogP contribution in [-0.4, -0.2) is 37.1 Å². The van der Waals surface area contributed by atoms with Crippen LogP contribution in [0.1, 0.15) is 33.6 Å². The summed E-state index contributed by atoms with van der Waals surface area (Å²) in [6, 6.07) is 2.80. The van der Waals surface area contributed by atoms with Crippen LogP contribution >= 0.6 is 0 Å². The third-order valence-electron chi connectivity index (χ3n) is 2.72.